The maximum absolute atomic E-state index is 14.1. The second-order valence-corrected chi connectivity index (χ2v) is 12.3. The fourth-order valence-electron chi connectivity index (χ4n) is 5.95. The van der Waals surface area contributed by atoms with Crippen LogP contribution < -0.4 is 0 Å². The van der Waals surface area contributed by atoms with Gasteiger partial charge in [0, 0.05) is 38.5 Å². The Morgan fingerprint density at radius 1 is 0.533 bits per heavy atom. The van der Waals surface area contributed by atoms with Gasteiger partial charge < -0.3 is 14.2 Å². The molecule has 6 nitrogen and oxygen atoms in total. The molecule has 0 aromatic carbocycles. The largest absolute Gasteiger partial charge is 0.454 e. The molecule has 0 aromatic heterocycles. The van der Waals surface area contributed by atoms with Gasteiger partial charge in [-0.15, -0.1) is 39.5 Å². The Kier molecular flexibility index (Phi) is 15.2. The molecule has 0 spiro atoms. The molecule has 0 heterocycles. The summed E-state index contributed by atoms with van der Waals surface area (Å²) in [4.78, 5) is 41.8. The molecule has 1 rings (SSSR count). The van der Waals surface area contributed by atoms with Gasteiger partial charge in [0.2, 0.25) is 0 Å². The molecule has 0 saturated heterocycles. The van der Waals surface area contributed by atoms with Gasteiger partial charge in [-0.3, -0.25) is 14.4 Å². The van der Waals surface area contributed by atoms with Crippen LogP contribution in [-0.4, -0.2) is 34.7 Å². The molecule has 3 unspecified atom stereocenters. The minimum atomic E-state index is -1.10. The minimum absolute atomic E-state index is 0.0311. The van der Waals surface area contributed by atoms with Crippen molar-refractivity contribution in [3.63, 3.8) is 0 Å². The molecule has 1 saturated carbocycles. The third kappa shape index (κ3) is 9.53. The maximum atomic E-state index is 14.1. The number of hydrogen-bond donors (Lipinski definition) is 0. The molecule has 45 heavy (non-hydrogen) atoms. The normalized spacial score (nSPS) is 18.3. The summed E-state index contributed by atoms with van der Waals surface area (Å²) in [6.07, 6.45) is 12.5. The summed E-state index contributed by atoms with van der Waals surface area (Å²) in [6, 6.07) is 0. The van der Waals surface area contributed by atoms with Gasteiger partial charge in [-0.2, -0.15) is 0 Å². The number of carbonyl (C=O) groups excluding carboxylic acids is 3. The summed E-state index contributed by atoms with van der Waals surface area (Å²) in [5.41, 5.74) is -1.27. The zero-order valence-corrected chi connectivity index (χ0v) is 27.9. The van der Waals surface area contributed by atoms with Crippen molar-refractivity contribution in [2.45, 2.75) is 95.4 Å². The molecule has 6 heteroatoms. The summed E-state index contributed by atoms with van der Waals surface area (Å²) in [7, 11) is 0. The van der Waals surface area contributed by atoms with Gasteiger partial charge in [0.05, 0.1) is 17.8 Å². The zero-order valence-electron chi connectivity index (χ0n) is 27.9. The van der Waals surface area contributed by atoms with Crippen LogP contribution in [0.3, 0.4) is 0 Å². The first-order chi connectivity index (χ1) is 21.2. The zero-order chi connectivity index (χ0) is 34.4. The van der Waals surface area contributed by atoms with Crippen LogP contribution in [0.15, 0.2) is 112 Å². The molecule has 1 aliphatic carbocycles. The Hall–Kier alpha value is -3.93. The SMILES string of the molecule is C=CCC(CC=C)(OC(=O)C1CCC(C(=O)OC(CC=C)(CC=C)C(=C)C)C(C(=O)OC(CC=C)(CC=C)C(=C)C)C1)C(=C)C. The van der Waals surface area contributed by atoms with E-state index in [9.17, 15) is 14.4 Å². The van der Waals surface area contributed by atoms with E-state index in [1.54, 1.807) is 57.2 Å². The molecule has 0 aromatic rings. The Morgan fingerprint density at radius 2 is 0.822 bits per heavy atom. The van der Waals surface area contributed by atoms with E-state index in [4.69, 9.17) is 14.2 Å². The fourth-order valence-corrected chi connectivity index (χ4v) is 5.95. The number of esters is 3. The van der Waals surface area contributed by atoms with Crippen LogP contribution in [0.25, 0.3) is 0 Å². The standard InChI is InChI=1S/C39H54O6/c1-13-21-37(22-14-2,28(7)8)43-34(40)31-19-20-32(35(41)44-38(23-15-3,24-16-4)29(9)10)33(27-31)36(42)45-39(25-17-5,26-18-6)30(11)12/h13-18,31-33H,1-7,9,11,19-27H2,8,10,12H3. The van der Waals surface area contributed by atoms with E-state index in [2.05, 4.69) is 59.2 Å². The Balaban J connectivity index is 3.60. The van der Waals surface area contributed by atoms with Crippen molar-refractivity contribution in [2.75, 3.05) is 0 Å². The molecular weight excluding hydrogens is 564 g/mol. The molecule has 0 aliphatic heterocycles. The van der Waals surface area contributed by atoms with Gasteiger partial charge in [0.1, 0.15) is 16.8 Å². The van der Waals surface area contributed by atoms with Crippen molar-refractivity contribution < 1.29 is 28.6 Å². The quantitative estimate of drug-likeness (QED) is 0.0725. The molecule has 1 aliphatic rings. The molecule has 0 N–H and O–H groups in total. The van der Waals surface area contributed by atoms with Crippen LogP contribution >= 0.6 is 0 Å². The molecule has 1 fully saturated rings. The Morgan fingerprint density at radius 3 is 1.11 bits per heavy atom. The minimum Gasteiger partial charge on any atom is -0.454 e. The summed E-state index contributed by atoms with van der Waals surface area (Å²) >= 11 is 0. The van der Waals surface area contributed by atoms with E-state index in [0.29, 0.717) is 61.7 Å². The first-order valence-electron chi connectivity index (χ1n) is 15.5. The summed E-state index contributed by atoms with van der Waals surface area (Å²) in [5, 5.41) is 0. The van der Waals surface area contributed by atoms with Crippen molar-refractivity contribution in [1.82, 2.24) is 0 Å². The monoisotopic (exact) mass is 618 g/mol. The first-order valence-corrected chi connectivity index (χ1v) is 15.5. The van der Waals surface area contributed by atoms with Crippen molar-refractivity contribution in [2.24, 2.45) is 17.8 Å². The van der Waals surface area contributed by atoms with Gasteiger partial charge >= 0.3 is 17.9 Å². The highest BCUT2D eigenvalue weighted by molar-refractivity contribution is 5.84. The van der Waals surface area contributed by atoms with Crippen LogP contribution in [0, 0.1) is 17.8 Å². The highest BCUT2D eigenvalue weighted by Gasteiger charge is 2.48. The molecule has 246 valence electrons. The predicted octanol–water partition coefficient (Wildman–Crippen LogP) is 9.05. The van der Waals surface area contributed by atoms with Gasteiger partial charge in [0.15, 0.2) is 0 Å². The Bertz CT molecular complexity index is 1170. The van der Waals surface area contributed by atoms with Crippen LogP contribution in [0.5, 0.6) is 0 Å². The summed E-state index contributed by atoms with van der Waals surface area (Å²) < 4.78 is 18.5. The molecule has 0 radical (unpaired) electrons. The summed E-state index contributed by atoms with van der Waals surface area (Å²) in [5.74, 6) is -4.23. The maximum Gasteiger partial charge on any atom is 0.310 e. The molecule has 3 atom stereocenters. The van der Waals surface area contributed by atoms with E-state index in [0.717, 1.165) is 0 Å². The average Bonchev–Trinajstić information content (AvgIpc) is 2.97. The van der Waals surface area contributed by atoms with Crippen LogP contribution in [0.2, 0.25) is 0 Å². The Labute approximate surface area is 271 Å². The second kappa shape index (κ2) is 17.5. The molecular formula is C39H54O6. The van der Waals surface area contributed by atoms with Gasteiger partial charge in [-0.1, -0.05) is 56.2 Å². The third-order valence-electron chi connectivity index (χ3n) is 8.85. The lowest BCUT2D eigenvalue weighted by Gasteiger charge is -2.40. The number of carbonyl (C=O) groups is 3. The predicted molar refractivity (Wildman–Crippen MR) is 184 cm³/mol. The lowest BCUT2D eigenvalue weighted by atomic mass is 9.73. The van der Waals surface area contributed by atoms with E-state index in [-0.39, 0.29) is 12.8 Å². The lowest BCUT2D eigenvalue weighted by molar-refractivity contribution is -0.180. The van der Waals surface area contributed by atoms with Crippen molar-refractivity contribution >= 4 is 17.9 Å². The van der Waals surface area contributed by atoms with Gasteiger partial charge in [0.25, 0.3) is 0 Å². The van der Waals surface area contributed by atoms with Crippen LogP contribution in [0.4, 0.5) is 0 Å². The van der Waals surface area contributed by atoms with Crippen molar-refractivity contribution in [3.05, 3.63) is 112 Å². The number of rotatable bonds is 21. The smallest absolute Gasteiger partial charge is 0.310 e. The highest BCUT2D eigenvalue weighted by Crippen LogP contribution is 2.42. The van der Waals surface area contributed by atoms with Crippen molar-refractivity contribution in [1.29, 1.82) is 0 Å². The van der Waals surface area contributed by atoms with E-state index in [1.807, 2.05) is 0 Å². The van der Waals surface area contributed by atoms with Gasteiger partial charge in [-0.05, 0) is 56.8 Å². The van der Waals surface area contributed by atoms with E-state index in [1.165, 1.54) is 0 Å². The third-order valence-corrected chi connectivity index (χ3v) is 8.85. The average molecular weight is 619 g/mol. The van der Waals surface area contributed by atoms with E-state index < -0.39 is 52.5 Å². The lowest BCUT2D eigenvalue weighted by Crippen LogP contribution is -2.47. The number of ether oxygens (including phenoxy) is 3. The fraction of sp³-hybridized carbons (Fsp3) is 0.462. The van der Waals surface area contributed by atoms with E-state index >= 15 is 0 Å². The number of hydrogen-bond acceptors (Lipinski definition) is 6. The summed E-state index contributed by atoms with van der Waals surface area (Å²) in [6.45, 7) is 40.5. The second-order valence-electron chi connectivity index (χ2n) is 12.3. The molecule has 0 bridgehead atoms. The van der Waals surface area contributed by atoms with Crippen LogP contribution in [-0.2, 0) is 28.6 Å². The highest BCUT2D eigenvalue weighted by atomic mass is 16.6. The van der Waals surface area contributed by atoms with Crippen LogP contribution in [0.1, 0.15) is 78.6 Å². The topological polar surface area (TPSA) is 78.9 Å². The first kappa shape index (κ1) is 39.1. The van der Waals surface area contributed by atoms with Gasteiger partial charge in [-0.25, -0.2) is 0 Å². The van der Waals surface area contributed by atoms with Crippen molar-refractivity contribution in [3.8, 4) is 0 Å². The molecule has 0 amide bonds.